The van der Waals surface area contributed by atoms with E-state index < -0.39 is 0 Å². The summed E-state index contributed by atoms with van der Waals surface area (Å²) in [7, 11) is 0. The van der Waals surface area contributed by atoms with Crippen molar-refractivity contribution in [3.63, 3.8) is 0 Å². The van der Waals surface area contributed by atoms with Gasteiger partial charge in [-0.1, -0.05) is 30.3 Å². The molecule has 0 radical (unpaired) electrons. The molecular weight excluding hydrogens is 198 g/mol. The number of aliphatic hydroxyl groups excluding tert-OH is 1. The van der Waals surface area contributed by atoms with Crippen LogP contribution < -0.4 is 5.32 Å². The van der Waals surface area contributed by atoms with Gasteiger partial charge in [-0.05, 0) is 43.7 Å². The predicted molar refractivity (Wildman–Crippen MR) is 66.5 cm³/mol. The lowest BCUT2D eigenvalue weighted by atomic mass is 10.1. The van der Waals surface area contributed by atoms with Crippen molar-refractivity contribution < 1.29 is 5.11 Å². The number of benzene rings is 1. The summed E-state index contributed by atoms with van der Waals surface area (Å²) in [6, 6.07) is 11.2. The molecule has 1 aromatic rings. The first-order valence-electron chi connectivity index (χ1n) is 6.20. The topological polar surface area (TPSA) is 32.3 Å². The van der Waals surface area contributed by atoms with Crippen LogP contribution in [0.15, 0.2) is 30.3 Å². The minimum absolute atomic E-state index is 0.279. The van der Waals surface area contributed by atoms with Crippen molar-refractivity contribution >= 4 is 0 Å². The van der Waals surface area contributed by atoms with E-state index in [2.05, 4.69) is 42.6 Å². The maximum Gasteiger partial charge on any atom is 0.0445 e. The van der Waals surface area contributed by atoms with Gasteiger partial charge >= 0.3 is 0 Å². The molecule has 88 valence electrons. The fourth-order valence-electron chi connectivity index (χ4n) is 2.23. The first-order chi connectivity index (χ1) is 7.81. The Labute approximate surface area is 97.7 Å². The second kappa shape index (κ2) is 5.46. The van der Waals surface area contributed by atoms with E-state index in [0.717, 1.165) is 24.8 Å². The smallest absolute Gasteiger partial charge is 0.0445 e. The zero-order valence-electron chi connectivity index (χ0n) is 9.89. The lowest BCUT2D eigenvalue weighted by molar-refractivity contribution is 0.268. The van der Waals surface area contributed by atoms with Gasteiger partial charge in [0, 0.05) is 12.6 Å². The van der Waals surface area contributed by atoms with E-state index in [0.29, 0.717) is 6.04 Å². The number of aliphatic hydroxyl groups is 1. The molecule has 1 saturated carbocycles. The Balaban J connectivity index is 1.72. The molecule has 2 nitrogen and oxygen atoms in total. The van der Waals surface area contributed by atoms with Crippen LogP contribution >= 0.6 is 0 Å². The van der Waals surface area contributed by atoms with Crippen LogP contribution in [-0.4, -0.2) is 24.3 Å². The molecule has 16 heavy (non-hydrogen) atoms. The summed E-state index contributed by atoms with van der Waals surface area (Å²) in [5.74, 6) is 1.55. The zero-order chi connectivity index (χ0) is 11.4. The number of nitrogens with one attached hydrogen (secondary N) is 1. The molecule has 1 aliphatic carbocycles. The van der Waals surface area contributed by atoms with Crippen LogP contribution in [0.3, 0.4) is 0 Å². The van der Waals surface area contributed by atoms with Crippen LogP contribution in [0.4, 0.5) is 0 Å². The maximum atomic E-state index is 8.81. The molecule has 3 atom stereocenters. The van der Waals surface area contributed by atoms with E-state index in [-0.39, 0.29) is 6.61 Å². The van der Waals surface area contributed by atoms with Crippen molar-refractivity contribution in [1.29, 1.82) is 0 Å². The van der Waals surface area contributed by atoms with Crippen LogP contribution in [0.25, 0.3) is 0 Å². The summed E-state index contributed by atoms with van der Waals surface area (Å²) in [5.41, 5.74) is 1.48. The quantitative estimate of drug-likeness (QED) is 0.768. The highest BCUT2D eigenvalue weighted by molar-refractivity contribution is 5.25. The van der Waals surface area contributed by atoms with Gasteiger partial charge in [-0.3, -0.25) is 0 Å². The first-order valence-corrected chi connectivity index (χ1v) is 6.20. The average molecular weight is 219 g/mol. The van der Waals surface area contributed by atoms with E-state index in [4.69, 9.17) is 5.11 Å². The van der Waals surface area contributed by atoms with Gasteiger partial charge in [0.1, 0.15) is 0 Å². The second-order valence-corrected chi connectivity index (χ2v) is 4.83. The molecular formula is C14H21NO. The molecule has 2 N–H and O–H groups in total. The van der Waals surface area contributed by atoms with Crippen LogP contribution in [-0.2, 0) is 0 Å². The van der Waals surface area contributed by atoms with Crippen LogP contribution in [0.5, 0.6) is 0 Å². The van der Waals surface area contributed by atoms with Gasteiger partial charge < -0.3 is 10.4 Å². The second-order valence-electron chi connectivity index (χ2n) is 4.83. The molecule has 1 aliphatic rings. The predicted octanol–water partition coefficient (Wildman–Crippen LogP) is 2.15. The van der Waals surface area contributed by atoms with Crippen LogP contribution in [0.2, 0.25) is 0 Å². The fraction of sp³-hybridized carbons (Fsp3) is 0.571. The Morgan fingerprint density at radius 1 is 1.38 bits per heavy atom. The monoisotopic (exact) mass is 219 g/mol. The summed E-state index contributed by atoms with van der Waals surface area (Å²) in [4.78, 5) is 0. The Morgan fingerprint density at radius 3 is 2.81 bits per heavy atom. The lowest BCUT2D eigenvalue weighted by Gasteiger charge is -2.11. The third kappa shape index (κ3) is 3.06. The number of hydrogen-bond donors (Lipinski definition) is 2. The lowest BCUT2D eigenvalue weighted by Crippen LogP contribution is -2.29. The zero-order valence-corrected chi connectivity index (χ0v) is 9.89. The highest BCUT2D eigenvalue weighted by Crippen LogP contribution is 2.46. The number of rotatable bonds is 6. The Bertz CT molecular complexity index is 312. The van der Waals surface area contributed by atoms with Crippen LogP contribution in [0.1, 0.15) is 31.2 Å². The van der Waals surface area contributed by atoms with Crippen molar-refractivity contribution in [2.24, 2.45) is 5.92 Å². The summed E-state index contributed by atoms with van der Waals surface area (Å²) in [5, 5.41) is 12.3. The van der Waals surface area contributed by atoms with Crippen molar-refractivity contribution in [3.8, 4) is 0 Å². The molecule has 0 amide bonds. The SMILES string of the molecule is C[C@H](CCO)NCC1CC1c1ccccc1. The van der Waals surface area contributed by atoms with E-state index in [1.165, 1.54) is 12.0 Å². The summed E-state index contributed by atoms with van der Waals surface area (Å²) >= 11 is 0. The van der Waals surface area contributed by atoms with E-state index >= 15 is 0 Å². The summed E-state index contributed by atoms with van der Waals surface area (Å²) in [6.45, 7) is 3.50. The Morgan fingerprint density at radius 2 is 2.12 bits per heavy atom. The molecule has 0 bridgehead atoms. The van der Waals surface area contributed by atoms with Crippen molar-refractivity contribution in [2.75, 3.05) is 13.2 Å². The van der Waals surface area contributed by atoms with Crippen molar-refractivity contribution in [3.05, 3.63) is 35.9 Å². The van der Waals surface area contributed by atoms with Gasteiger partial charge in [-0.2, -0.15) is 0 Å². The first kappa shape index (κ1) is 11.6. The third-order valence-corrected chi connectivity index (χ3v) is 3.44. The maximum absolute atomic E-state index is 8.81. The Kier molecular flexibility index (Phi) is 3.97. The molecule has 0 aliphatic heterocycles. The Hall–Kier alpha value is -0.860. The van der Waals surface area contributed by atoms with Crippen molar-refractivity contribution in [2.45, 2.75) is 31.7 Å². The van der Waals surface area contributed by atoms with Gasteiger partial charge in [-0.15, -0.1) is 0 Å². The van der Waals surface area contributed by atoms with E-state index in [1.54, 1.807) is 0 Å². The molecule has 0 heterocycles. The molecule has 2 rings (SSSR count). The molecule has 2 heteroatoms. The van der Waals surface area contributed by atoms with E-state index in [1.807, 2.05) is 0 Å². The highest BCUT2D eigenvalue weighted by atomic mass is 16.3. The van der Waals surface area contributed by atoms with Gasteiger partial charge in [0.05, 0.1) is 0 Å². The van der Waals surface area contributed by atoms with E-state index in [9.17, 15) is 0 Å². The molecule has 2 unspecified atom stereocenters. The third-order valence-electron chi connectivity index (χ3n) is 3.44. The minimum atomic E-state index is 0.279. The summed E-state index contributed by atoms with van der Waals surface area (Å²) < 4.78 is 0. The largest absolute Gasteiger partial charge is 0.396 e. The molecule has 0 spiro atoms. The number of hydrogen-bond acceptors (Lipinski definition) is 2. The average Bonchev–Trinajstić information content (AvgIpc) is 3.07. The fourth-order valence-corrected chi connectivity index (χ4v) is 2.23. The standard InChI is InChI=1S/C14H21NO/c1-11(7-8-16)15-10-13-9-14(13)12-5-3-2-4-6-12/h2-6,11,13-16H,7-10H2,1H3/t11-,13?,14?/m1/s1. The molecule has 0 saturated heterocycles. The highest BCUT2D eigenvalue weighted by Gasteiger charge is 2.37. The van der Waals surface area contributed by atoms with Crippen LogP contribution in [0, 0.1) is 5.92 Å². The molecule has 1 aromatic carbocycles. The molecule has 1 fully saturated rings. The molecule has 0 aromatic heterocycles. The normalized spacial score (nSPS) is 25.4. The summed E-state index contributed by atoms with van der Waals surface area (Å²) in [6.07, 6.45) is 2.16. The minimum Gasteiger partial charge on any atom is -0.396 e. The van der Waals surface area contributed by atoms with Gasteiger partial charge in [0.25, 0.3) is 0 Å². The van der Waals surface area contributed by atoms with Gasteiger partial charge in [0.15, 0.2) is 0 Å². The van der Waals surface area contributed by atoms with Crippen molar-refractivity contribution in [1.82, 2.24) is 5.32 Å². The van der Waals surface area contributed by atoms with Gasteiger partial charge in [-0.25, -0.2) is 0 Å². The van der Waals surface area contributed by atoms with Gasteiger partial charge in [0.2, 0.25) is 0 Å².